The van der Waals surface area contributed by atoms with Crippen molar-refractivity contribution in [3.8, 4) is 11.8 Å². The Bertz CT molecular complexity index is 773. The molecule has 0 aromatic carbocycles. The van der Waals surface area contributed by atoms with Crippen LogP contribution in [0.5, 0.6) is 11.8 Å². The van der Waals surface area contributed by atoms with Gasteiger partial charge in [-0.2, -0.15) is 4.98 Å². The van der Waals surface area contributed by atoms with Gasteiger partial charge in [-0.05, 0) is 18.4 Å². The number of morpholine rings is 1. The number of carbonyl (C=O) groups is 2. The number of pyridine rings is 1. The Balaban J connectivity index is 1.31. The fourth-order valence-corrected chi connectivity index (χ4v) is 4.30. The average molecular weight is 405 g/mol. The third kappa shape index (κ3) is 4.02. The van der Waals surface area contributed by atoms with E-state index in [4.69, 9.17) is 18.9 Å². The predicted octanol–water partition coefficient (Wildman–Crippen LogP) is 0.579. The predicted molar refractivity (Wildman–Crippen MR) is 102 cm³/mol. The maximum atomic E-state index is 12.8. The van der Waals surface area contributed by atoms with Crippen molar-refractivity contribution < 1.29 is 28.5 Å². The molecule has 1 aromatic rings. The van der Waals surface area contributed by atoms with Gasteiger partial charge in [0.25, 0.3) is 5.91 Å². The molecule has 0 N–H and O–H groups in total. The summed E-state index contributed by atoms with van der Waals surface area (Å²) in [4.78, 5) is 33.1. The lowest BCUT2D eigenvalue weighted by Crippen LogP contribution is -2.63. The topological polar surface area (TPSA) is 90.4 Å². The van der Waals surface area contributed by atoms with E-state index >= 15 is 0 Å². The smallest absolute Gasteiger partial charge is 0.259 e. The molecule has 4 rings (SSSR count). The fourth-order valence-electron chi connectivity index (χ4n) is 4.30. The number of hydrogen-bond donors (Lipinski definition) is 0. The summed E-state index contributed by atoms with van der Waals surface area (Å²) in [6.45, 7) is 4.14. The summed E-state index contributed by atoms with van der Waals surface area (Å²) in [5.74, 6) is 0.862. The maximum absolute atomic E-state index is 12.8. The summed E-state index contributed by atoms with van der Waals surface area (Å²) >= 11 is 0. The molecule has 1 atom stereocenters. The first-order chi connectivity index (χ1) is 14.0. The lowest BCUT2D eigenvalue weighted by molar-refractivity contribution is -0.136. The van der Waals surface area contributed by atoms with Gasteiger partial charge in [0.05, 0.1) is 47.1 Å². The Kier molecular flexibility index (Phi) is 5.60. The largest absolute Gasteiger partial charge is 0.481 e. The number of likely N-dealkylation sites (tertiary alicyclic amines) is 1. The molecule has 29 heavy (non-hydrogen) atoms. The Morgan fingerprint density at radius 3 is 2.62 bits per heavy atom. The minimum Gasteiger partial charge on any atom is -0.481 e. The molecular weight excluding hydrogens is 378 g/mol. The van der Waals surface area contributed by atoms with E-state index in [1.165, 1.54) is 14.2 Å². The van der Waals surface area contributed by atoms with Crippen LogP contribution in [0, 0.1) is 5.92 Å². The second kappa shape index (κ2) is 8.16. The third-order valence-corrected chi connectivity index (χ3v) is 5.83. The first kappa shape index (κ1) is 19.9. The van der Waals surface area contributed by atoms with Gasteiger partial charge in [0.1, 0.15) is 11.2 Å². The van der Waals surface area contributed by atoms with Crippen molar-refractivity contribution >= 4 is 11.8 Å². The van der Waals surface area contributed by atoms with E-state index in [0.717, 1.165) is 6.42 Å². The fraction of sp³-hybridized carbons (Fsp3) is 0.650. The molecule has 2 amide bonds. The summed E-state index contributed by atoms with van der Waals surface area (Å²) in [5.41, 5.74) is 0.0684. The quantitative estimate of drug-likeness (QED) is 0.708. The van der Waals surface area contributed by atoms with Crippen molar-refractivity contribution in [3.63, 3.8) is 0 Å². The van der Waals surface area contributed by atoms with Crippen LogP contribution in [0.2, 0.25) is 0 Å². The van der Waals surface area contributed by atoms with E-state index in [1.54, 1.807) is 17.0 Å². The van der Waals surface area contributed by atoms with Crippen LogP contribution in [-0.4, -0.2) is 92.4 Å². The number of hydrogen-bond acceptors (Lipinski definition) is 7. The van der Waals surface area contributed by atoms with Crippen molar-refractivity contribution in [2.75, 3.05) is 60.2 Å². The number of carbonyl (C=O) groups excluding carboxylic acids is 2. The van der Waals surface area contributed by atoms with Crippen LogP contribution in [0.1, 0.15) is 23.2 Å². The number of nitrogens with zero attached hydrogens (tertiary/aromatic N) is 3. The molecule has 3 aliphatic rings. The SMILES string of the molecule is COc1ccc(C(=O)N2CC3(CC(CC(=O)N4CCOCC4)CO3)C2)c(OC)n1. The molecule has 0 aliphatic carbocycles. The maximum Gasteiger partial charge on any atom is 0.259 e. The van der Waals surface area contributed by atoms with E-state index in [2.05, 4.69) is 4.98 Å². The lowest BCUT2D eigenvalue weighted by Gasteiger charge is -2.47. The van der Waals surface area contributed by atoms with Crippen LogP contribution in [0.4, 0.5) is 0 Å². The molecule has 9 heteroatoms. The molecule has 4 heterocycles. The van der Waals surface area contributed by atoms with Gasteiger partial charge >= 0.3 is 0 Å². The molecular formula is C20H27N3O6. The van der Waals surface area contributed by atoms with Crippen molar-refractivity contribution in [1.82, 2.24) is 14.8 Å². The highest BCUT2D eigenvalue weighted by atomic mass is 16.5. The molecule has 158 valence electrons. The van der Waals surface area contributed by atoms with Gasteiger partial charge in [-0.25, -0.2) is 0 Å². The van der Waals surface area contributed by atoms with E-state index in [9.17, 15) is 9.59 Å². The summed E-state index contributed by atoms with van der Waals surface area (Å²) in [7, 11) is 2.99. The molecule has 3 fully saturated rings. The summed E-state index contributed by atoms with van der Waals surface area (Å²) < 4.78 is 21.7. The van der Waals surface area contributed by atoms with Crippen LogP contribution in [-0.2, 0) is 14.3 Å². The Morgan fingerprint density at radius 1 is 1.17 bits per heavy atom. The molecule has 0 saturated carbocycles. The molecule has 0 bridgehead atoms. The first-order valence-electron chi connectivity index (χ1n) is 9.91. The minimum absolute atomic E-state index is 0.140. The normalized spacial score (nSPS) is 23.0. The van der Waals surface area contributed by atoms with Crippen LogP contribution < -0.4 is 9.47 Å². The standard InChI is InChI=1S/C20H27N3O6/c1-26-16-4-3-15(18(21-16)27-2)19(25)23-12-20(13-23)10-14(11-29-20)9-17(24)22-5-7-28-8-6-22/h3-4,14H,5-13H2,1-2H3. The van der Waals surface area contributed by atoms with Gasteiger partial charge < -0.3 is 28.7 Å². The average Bonchev–Trinajstić information content (AvgIpc) is 3.16. The van der Waals surface area contributed by atoms with Crippen LogP contribution in [0.15, 0.2) is 12.1 Å². The monoisotopic (exact) mass is 405 g/mol. The summed E-state index contributed by atoms with van der Waals surface area (Å²) in [6, 6.07) is 3.31. The number of methoxy groups -OCH3 is 2. The Morgan fingerprint density at radius 2 is 1.93 bits per heavy atom. The number of amides is 2. The van der Waals surface area contributed by atoms with Crippen molar-refractivity contribution in [1.29, 1.82) is 0 Å². The lowest BCUT2D eigenvalue weighted by atomic mass is 9.85. The molecule has 1 aromatic heterocycles. The van der Waals surface area contributed by atoms with Crippen LogP contribution >= 0.6 is 0 Å². The van der Waals surface area contributed by atoms with Gasteiger partial charge in [-0.1, -0.05) is 0 Å². The molecule has 1 spiro atoms. The number of ether oxygens (including phenoxy) is 4. The van der Waals surface area contributed by atoms with E-state index < -0.39 is 0 Å². The Hall–Kier alpha value is -2.39. The van der Waals surface area contributed by atoms with E-state index in [0.29, 0.717) is 63.9 Å². The van der Waals surface area contributed by atoms with Gasteiger partial charge in [0.15, 0.2) is 0 Å². The highest BCUT2D eigenvalue weighted by molar-refractivity contribution is 5.97. The molecule has 3 aliphatic heterocycles. The summed E-state index contributed by atoms with van der Waals surface area (Å²) in [6.07, 6.45) is 1.29. The first-order valence-corrected chi connectivity index (χ1v) is 9.91. The zero-order chi connectivity index (χ0) is 20.4. The third-order valence-electron chi connectivity index (χ3n) is 5.83. The number of aromatic nitrogens is 1. The van der Waals surface area contributed by atoms with Crippen molar-refractivity contribution in [2.24, 2.45) is 5.92 Å². The van der Waals surface area contributed by atoms with Crippen LogP contribution in [0.3, 0.4) is 0 Å². The van der Waals surface area contributed by atoms with E-state index in [1.807, 2.05) is 4.90 Å². The summed E-state index contributed by atoms with van der Waals surface area (Å²) in [5, 5.41) is 0. The zero-order valence-corrected chi connectivity index (χ0v) is 16.9. The van der Waals surface area contributed by atoms with Gasteiger partial charge in [-0.3, -0.25) is 9.59 Å². The molecule has 3 saturated heterocycles. The van der Waals surface area contributed by atoms with Crippen molar-refractivity contribution in [2.45, 2.75) is 18.4 Å². The minimum atomic E-state index is -0.335. The van der Waals surface area contributed by atoms with Gasteiger partial charge in [0.2, 0.25) is 17.7 Å². The van der Waals surface area contributed by atoms with E-state index in [-0.39, 0.29) is 29.2 Å². The van der Waals surface area contributed by atoms with Gasteiger partial charge in [-0.15, -0.1) is 0 Å². The number of rotatable bonds is 5. The molecule has 1 unspecified atom stereocenters. The van der Waals surface area contributed by atoms with Crippen LogP contribution in [0.25, 0.3) is 0 Å². The highest BCUT2D eigenvalue weighted by Crippen LogP contribution is 2.40. The van der Waals surface area contributed by atoms with Gasteiger partial charge in [0, 0.05) is 25.6 Å². The zero-order valence-electron chi connectivity index (χ0n) is 16.9. The Labute approximate surface area is 169 Å². The molecule has 9 nitrogen and oxygen atoms in total. The van der Waals surface area contributed by atoms with Crippen molar-refractivity contribution in [3.05, 3.63) is 17.7 Å². The second-order valence-corrected chi connectivity index (χ2v) is 7.83. The second-order valence-electron chi connectivity index (χ2n) is 7.83. The highest BCUT2D eigenvalue weighted by Gasteiger charge is 2.52. The molecule has 0 radical (unpaired) electrons.